The molecule has 5 nitrogen and oxygen atoms in total. The maximum atomic E-state index is 11.4. The summed E-state index contributed by atoms with van der Waals surface area (Å²) in [6.07, 6.45) is 0. The van der Waals surface area contributed by atoms with Crippen LogP contribution in [0.5, 0.6) is 0 Å². The molecule has 80 valence electrons. The highest BCUT2D eigenvalue weighted by atomic mass is 16.4. The predicted molar refractivity (Wildman–Crippen MR) is 52.7 cm³/mol. The molecule has 0 aromatic heterocycles. The van der Waals surface area contributed by atoms with Gasteiger partial charge in [0.2, 0.25) is 0 Å². The van der Waals surface area contributed by atoms with Crippen molar-refractivity contribution in [1.82, 2.24) is 5.32 Å². The Labute approximate surface area is 86.9 Å². The molecule has 1 unspecified atom stereocenters. The Balaban J connectivity index is 2.57. The Bertz CT molecular complexity index is 351. The first kappa shape index (κ1) is 11.2. The van der Waals surface area contributed by atoms with Crippen molar-refractivity contribution in [2.45, 2.75) is 6.04 Å². The minimum absolute atomic E-state index is 0.377. The van der Waals surface area contributed by atoms with Crippen molar-refractivity contribution < 1.29 is 20.4 Å². The molecule has 0 heterocycles. The molecule has 0 radical (unpaired) electrons. The van der Waals surface area contributed by atoms with Crippen molar-refractivity contribution in [3.8, 4) is 0 Å². The average molecular weight is 209 g/mol. The van der Waals surface area contributed by atoms with Crippen LogP contribution >= 0.6 is 0 Å². The maximum absolute atomic E-state index is 11.4. The Hall–Kier alpha value is -1.88. The summed E-state index contributed by atoms with van der Waals surface area (Å²) in [7, 11) is 0. The molecular weight excluding hydrogens is 196 g/mol. The number of benzene rings is 1. The Kier molecular flexibility index (Phi) is 3.82. The van der Waals surface area contributed by atoms with Crippen molar-refractivity contribution >= 4 is 11.9 Å². The molecule has 0 bridgehead atoms. The molecule has 1 rings (SSSR count). The van der Waals surface area contributed by atoms with Crippen molar-refractivity contribution in [1.29, 1.82) is 0 Å². The van der Waals surface area contributed by atoms with E-state index in [4.69, 9.17) is 5.11 Å². The number of nitrogens with one attached hydrogen (secondary N) is 1. The summed E-state index contributed by atoms with van der Waals surface area (Å²) in [6.45, 7) is -0.377. The molecule has 5 heteroatoms. The summed E-state index contributed by atoms with van der Waals surface area (Å²) in [5.41, 5.74) is 4.45. The summed E-state index contributed by atoms with van der Waals surface area (Å²) < 4.78 is 0. The van der Waals surface area contributed by atoms with Crippen LogP contribution in [0.1, 0.15) is 11.6 Å². The first-order chi connectivity index (χ1) is 7.11. The lowest BCUT2D eigenvalue weighted by atomic mass is 10.1. The van der Waals surface area contributed by atoms with Gasteiger partial charge >= 0.3 is 5.97 Å². The van der Waals surface area contributed by atoms with Crippen LogP contribution in [0.2, 0.25) is 0 Å². The number of rotatable bonds is 4. The van der Waals surface area contributed by atoms with Gasteiger partial charge in [0.15, 0.2) is 6.04 Å². The normalized spacial score (nSPS) is 11.8. The van der Waals surface area contributed by atoms with Crippen molar-refractivity contribution in [2.75, 3.05) is 6.54 Å². The van der Waals surface area contributed by atoms with Crippen LogP contribution in [0.4, 0.5) is 0 Å². The molecule has 1 amide bonds. The zero-order valence-electron chi connectivity index (χ0n) is 8.14. The molecule has 1 aromatic rings. The number of hydrogen-bond acceptors (Lipinski definition) is 2. The summed E-state index contributed by atoms with van der Waals surface area (Å²) in [5, 5.41) is 10.7. The molecule has 5 N–H and O–H groups in total. The molecule has 1 atom stereocenters. The van der Waals surface area contributed by atoms with Gasteiger partial charge in [0.1, 0.15) is 6.54 Å². The minimum atomic E-state index is -1.07. The number of carbonyl (C=O) groups excluding carboxylic acids is 1. The third-order valence-electron chi connectivity index (χ3n) is 1.93. The molecule has 0 spiro atoms. The standard InChI is InChI=1S/C10H12N2O3/c11-9(7-4-2-1-3-5-7)10(15)12-6-8(13)14/h1-5,9H,6,11H2,(H,12,15)(H,13,14)/p+1. The van der Waals surface area contributed by atoms with Crippen LogP contribution in [-0.4, -0.2) is 23.5 Å². The van der Waals surface area contributed by atoms with Crippen molar-refractivity contribution in [3.05, 3.63) is 35.9 Å². The van der Waals surface area contributed by atoms with Crippen LogP contribution < -0.4 is 11.1 Å². The van der Waals surface area contributed by atoms with E-state index in [9.17, 15) is 9.59 Å². The second-order valence-corrected chi connectivity index (χ2v) is 3.07. The van der Waals surface area contributed by atoms with Gasteiger partial charge in [-0.2, -0.15) is 0 Å². The molecule has 0 aliphatic heterocycles. The number of carboxylic acids is 1. The Morgan fingerprint density at radius 3 is 2.47 bits per heavy atom. The van der Waals surface area contributed by atoms with Gasteiger partial charge in [0.05, 0.1) is 0 Å². The van der Waals surface area contributed by atoms with Crippen LogP contribution in [-0.2, 0) is 9.59 Å². The molecule has 0 aliphatic carbocycles. The lowest BCUT2D eigenvalue weighted by molar-refractivity contribution is -0.409. The highest BCUT2D eigenvalue weighted by Crippen LogP contribution is 2.06. The fourth-order valence-corrected chi connectivity index (χ4v) is 1.12. The number of hydrogen-bond donors (Lipinski definition) is 3. The Morgan fingerprint density at radius 1 is 1.33 bits per heavy atom. The van der Waals surface area contributed by atoms with Crippen LogP contribution in [0, 0.1) is 0 Å². The van der Waals surface area contributed by atoms with Gasteiger partial charge in [-0.1, -0.05) is 30.3 Å². The van der Waals surface area contributed by atoms with Gasteiger partial charge in [0, 0.05) is 5.56 Å². The van der Waals surface area contributed by atoms with E-state index < -0.39 is 12.0 Å². The highest BCUT2D eigenvalue weighted by Gasteiger charge is 2.19. The summed E-state index contributed by atoms with van der Waals surface area (Å²) in [4.78, 5) is 21.6. The van der Waals surface area contributed by atoms with Crippen LogP contribution in [0.15, 0.2) is 30.3 Å². The van der Waals surface area contributed by atoms with Crippen molar-refractivity contribution in [2.24, 2.45) is 0 Å². The first-order valence-corrected chi connectivity index (χ1v) is 4.49. The van der Waals surface area contributed by atoms with Crippen LogP contribution in [0.25, 0.3) is 0 Å². The van der Waals surface area contributed by atoms with E-state index in [0.29, 0.717) is 0 Å². The maximum Gasteiger partial charge on any atom is 0.322 e. The quantitative estimate of drug-likeness (QED) is 0.604. The number of quaternary nitrogens is 1. The fourth-order valence-electron chi connectivity index (χ4n) is 1.12. The molecule has 15 heavy (non-hydrogen) atoms. The van der Waals surface area contributed by atoms with E-state index in [-0.39, 0.29) is 12.5 Å². The van der Waals surface area contributed by atoms with Gasteiger partial charge in [0.25, 0.3) is 5.91 Å². The van der Waals surface area contributed by atoms with Crippen molar-refractivity contribution in [3.63, 3.8) is 0 Å². The molecule has 0 saturated heterocycles. The lowest BCUT2D eigenvalue weighted by Crippen LogP contribution is -2.60. The van der Waals surface area contributed by atoms with E-state index in [1.54, 1.807) is 24.3 Å². The van der Waals surface area contributed by atoms with Gasteiger partial charge in [-0.05, 0) is 0 Å². The first-order valence-electron chi connectivity index (χ1n) is 4.49. The second kappa shape index (κ2) is 5.11. The second-order valence-electron chi connectivity index (χ2n) is 3.07. The third kappa shape index (κ3) is 3.40. The van der Waals surface area contributed by atoms with Gasteiger partial charge < -0.3 is 16.2 Å². The summed E-state index contributed by atoms with van der Waals surface area (Å²) in [6, 6.07) is 8.42. The zero-order valence-corrected chi connectivity index (χ0v) is 8.14. The van der Waals surface area contributed by atoms with E-state index >= 15 is 0 Å². The monoisotopic (exact) mass is 209 g/mol. The molecule has 1 aromatic carbocycles. The van der Waals surface area contributed by atoms with Gasteiger partial charge in [-0.15, -0.1) is 0 Å². The lowest BCUT2D eigenvalue weighted by Gasteiger charge is -2.07. The predicted octanol–water partition coefficient (Wildman–Crippen LogP) is -0.830. The minimum Gasteiger partial charge on any atom is -0.480 e. The van der Waals surface area contributed by atoms with Crippen LogP contribution in [0.3, 0.4) is 0 Å². The van der Waals surface area contributed by atoms with Gasteiger partial charge in [-0.3, -0.25) is 9.59 Å². The van der Waals surface area contributed by atoms with E-state index in [2.05, 4.69) is 11.1 Å². The third-order valence-corrected chi connectivity index (χ3v) is 1.93. The number of carbonyl (C=O) groups is 2. The fraction of sp³-hybridized carbons (Fsp3) is 0.200. The van der Waals surface area contributed by atoms with E-state index in [1.807, 2.05) is 6.07 Å². The summed E-state index contributed by atoms with van der Waals surface area (Å²) in [5.74, 6) is -1.45. The SMILES string of the molecule is [NH3+]C(C(=O)NCC(=O)O)c1ccccc1. The molecule has 0 fully saturated rings. The number of carboxylic acid groups (broad SMARTS) is 1. The average Bonchev–Trinajstić information content (AvgIpc) is 2.26. The van der Waals surface area contributed by atoms with E-state index in [1.165, 1.54) is 0 Å². The molecular formula is C10H13N2O3+. The van der Waals surface area contributed by atoms with E-state index in [0.717, 1.165) is 5.56 Å². The number of amides is 1. The number of aliphatic carboxylic acids is 1. The largest absolute Gasteiger partial charge is 0.480 e. The summed E-state index contributed by atoms with van der Waals surface area (Å²) >= 11 is 0. The highest BCUT2D eigenvalue weighted by molar-refractivity contribution is 5.84. The Morgan fingerprint density at radius 2 is 1.93 bits per heavy atom. The topological polar surface area (TPSA) is 94.0 Å². The smallest absolute Gasteiger partial charge is 0.322 e. The van der Waals surface area contributed by atoms with Gasteiger partial charge in [-0.25, -0.2) is 0 Å². The zero-order chi connectivity index (χ0) is 11.3. The molecule has 0 saturated carbocycles. The molecule has 0 aliphatic rings.